The molecule has 0 aliphatic rings. The quantitative estimate of drug-likeness (QED) is 0.535. The highest BCUT2D eigenvalue weighted by atomic mass is 35.5. The minimum Gasteiger partial charge on any atom is -0.506 e. The number of nitrogens with one attached hydrogen (secondary N) is 1. The molecule has 0 aliphatic carbocycles. The van der Waals surface area contributed by atoms with Crippen molar-refractivity contribution in [2.45, 2.75) is 13.8 Å². The van der Waals surface area contributed by atoms with Gasteiger partial charge in [0.25, 0.3) is 5.91 Å². The number of nitrogens with zero attached hydrogens (tertiary/aromatic N) is 2. The number of rotatable bonds is 4. The van der Waals surface area contributed by atoms with Crippen LogP contribution in [0.15, 0.2) is 59.7 Å². The van der Waals surface area contributed by atoms with Gasteiger partial charge in [0.15, 0.2) is 0 Å². The number of hydrazone groups is 1. The number of phenolic OH excluding ortho intramolecular Hbond substituents is 1. The van der Waals surface area contributed by atoms with E-state index in [0.717, 1.165) is 22.6 Å². The van der Waals surface area contributed by atoms with Gasteiger partial charge >= 0.3 is 0 Å². The Kier molecular flexibility index (Phi) is 5.09. The lowest BCUT2D eigenvalue weighted by molar-refractivity contribution is 0.0955. The van der Waals surface area contributed by atoms with Crippen molar-refractivity contribution in [2.24, 2.45) is 5.10 Å². The van der Waals surface area contributed by atoms with Gasteiger partial charge in [-0.3, -0.25) is 4.79 Å². The molecule has 3 rings (SSSR count). The van der Waals surface area contributed by atoms with E-state index >= 15 is 0 Å². The van der Waals surface area contributed by atoms with Crippen LogP contribution < -0.4 is 5.43 Å². The Hall–Kier alpha value is -3.05. The fourth-order valence-electron chi connectivity index (χ4n) is 2.77. The molecule has 5 nitrogen and oxygen atoms in total. The number of hydrogen-bond donors (Lipinski definition) is 2. The van der Waals surface area contributed by atoms with Crippen molar-refractivity contribution in [1.82, 2.24) is 9.99 Å². The molecule has 1 amide bonds. The van der Waals surface area contributed by atoms with Crippen molar-refractivity contribution in [3.8, 4) is 11.4 Å². The van der Waals surface area contributed by atoms with Gasteiger partial charge in [-0.1, -0.05) is 29.8 Å². The van der Waals surface area contributed by atoms with Gasteiger partial charge in [-0.15, -0.1) is 0 Å². The van der Waals surface area contributed by atoms with Crippen molar-refractivity contribution >= 4 is 23.7 Å². The number of aryl methyl sites for hydroxylation is 1. The van der Waals surface area contributed by atoms with E-state index in [1.165, 1.54) is 18.2 Å². The summed E-state index contributed by atoms with van der Waals surface area (Å²) in [6, 6.07) is 16.3. The first-order valence-electron chi connectivity index (χ1n) is 8.03. The molecule has 1 heterocycles. The van der Waals surface area contributed by atoms with Crippen LogP contribution in [-0.2, 0) is 0 Å². The Morgan fingerprint density at radius 2 is 1.88 bits per heavy atom. The lowest BCUT2D eigenvalue weighted by Gasteiger charge is -2.09. The van der Waals surface area contributed by atoms with Gasteiger partial charge < -0.3 is 9.67 Å². The molecule has 6 heteroatoms. The van der Waals surface area contributed by atoms with Gasteiger partial charge in [-0.05, 0) is 50.2 Å². The number of halogens is 1. The molecule has 2 N–H and O–H groups in total. The van der Waals surface area contributed by atoms with Crippen LogP contribution in [0.2, 0.25) is 5.02 Å². The molecule has 2 aromatic carbocycles. The average molecular weight is 368 g/mol. The third-order valence-electron chi connectivity index (χ3n) is 4.06. The minimum atomic E-state index is -0.403. The zero-order valence-corrected chi connectivity index (χ0v) is 15.2. The number of phenols is 1. The smallest absolute Gasteiger partial charge is 0.271 e. The van der Waals surface area contributed by atoms with Crippen molar-refractivity contribution in [1.29, 1.82) is 0 Å². The molecule has 0 spiro atoms. The first-order valence-corrected chi connectivity index (χ1v) is 8.41. The van der Waals surface area contributed by atoms with E-state index in [4.69, 9.17) is 11.6 Å². The summed E-state index contributed by atoms with van der Waals surface area (Å²) in [5, 5.41) is 13.6. The van der Waals surface area contributed by atoms with Crippen LogP contribution in [0.1, 0.15) is 27.3 Å². The first-order chi connectivity index (χ1) is 12.5. The van der Waals surface area contributed by atoms with E-state index in [2.05, 4.69) is 15.1 Å². The van der Waals surface area contributed by atoms with E-state index in [0.29, 0.717) is 5.56 Å². The first kappa shape index (κ1) is 17.8. The summed E-state index contributed by atoms with van der Waals surface area (Å²) in [6.45, 7) is 4.03. The van der Waals surface area contributed by atoms with Crippen LogP contribution in [0.25, 0.3) is 5.69 Å². The molecule has 0 atom stereocenters. The molecule has 0 bridgehead atoms. The molecule has 26 heavy (non-hydrogen) atoms. The van der Waals surface area contributed by atoms with E-state index in [1.807, 2.05) is 50.2 Å². The standard InChI is InChI=1S/C20H18ClN3O2/c1-13-10-16(14(2)24(13)17-6-4-3-5-7-17)12-22-23-20(26)15-8-9-19(25)18(21)11-15/h3-12,25H,1-2H3,(H,23,26). The second kappa shape index (κ2) is 7.45. The molecule has 0 fully saturated rings. The number of carbonyl (C=O) groups is 1. The average Bonchev–Trinajstić information content (AvgIpc) is 2.91. The summed E-state index contributed by atoms with van der Waals surface area (Å²) >= 11 is 5.82. The molecular weight excluding hydrogens is 350 g/mol. The highest BCUT2D eigenvalue weighted by Gasteiger charge is 2.10. The summed E-state index contributed by atoms with van der Waals surface area (Å²) < 4.78 is 2.13. The maximum atomic E-state index is 12.1. The number of benzene rings is 2. The fraction of sp³-hybridized carbons (Fsp3) is 0.100. The number of aromatic nitrogens is 1. The van der Waals surface area contributed by atoms with Crippen LogP contribution in [-0.4, -0.2) is 21.8 Å². The summed E-state index contributed by atoms with van der Waals surface area (Å²) in [4.78, 5) is 12.1. The van der Waals surface area contributed by atoms with Crippen molar-refractivity contribution in [2.75, 3.05) is 0 Å². The summed E-state index contributed by atoms with van der Waals surface area (Å²) in [5.74, 6) is -0.472. The fourth-order valence-corrected chi connectivity index (χ4v) is 2.95. The Labute approximate surface area is 156 Å². The van der Waals surface area contributed by atoms with Gasteiger partial charge in [-0.25, -0.2) is 5.43 Å². The van der Waals surface area contributed by atoms with Crippen molar-refractivity contribution < 1.29 is 9.90 Å². The monoisotopic (exact) mass is 367 g/mol. The second-order valence-corrected chi connectivity index (χ2v) is 6.27. The maximum Gasteiger partial charge on any atom is 0.271 e. The molecule has 0 aliphatic heterocycles. The predicted octanol–water partition coefficient (Wildman–Crippen LogP) is 4.22. The SMILES string of the molecule is Cc1cc(C=NNC(=O)c2ccc(O)c(Cl)c2)c(C)n1-c1ccccc1. The summed E-state index contributed by atoms with van der Waals surface area (Å²) in [7, 11) is 0. The molecule has 0 radical (unpaired) electrons. The van der Waals surface area contributed by atoms with E-state index in [-0.39, 0.29) is 10.8 Å². The van der Waals surface area contributed by atoms with Gasteiger partial charge in [0, 0.05) is 28.2 Å². The Balaban J connectivity index is 1.77. The number of amides is 1. The van der Waals surface area contributed by atoms with Crippen LogP contribution >= 0.6 is 11.6 Å². The van der Waals surface area contributed by atoms with E-state index < -0.39 is 5.91 Å². The number of carbonyl (C=O) groups excluding carboxylic acids is 1. The zero-order valence-electron chi connectivity index (χ0n) is 14.4. The number of aromatic hydroxyl groups is 1. The normalized spacial score (nSPS) is 11.0. The third kappa shape index (κ3) is 3.63. The van der Waals surface area contributed by atoms with Crippen LogP contribution in [0.5, 0.6) is 5.75 Å². The molecule has 0 unspecified atom stereocenters. The highest BCUT2D eigenvalue weighted by molar-refractivity contribution is 6.32. The van der Waals surface area contributed by atoms with E-state index in [1.54, 1.807) is 6.21 Å². The summed E-state index contributed by atoms with van der Waals surface area (Å²) in [6.07, 6.45) is 1.61. The van der Waals surface area contributed by atoms with Crippen LogP contribution in [0, 0.1) is 13.8 Å². The Morgan fingerprint density at radius 1 is 1.15 bits per heavy atom. The minimum absolute atomic E-state index is 0.0694. The lowest BCUT2D eigenvalue weighted by Crippen LogP contribution is -2.17. The van der Waals surface area contributed by atoms with Gasteiger partial charge in [0.1, 0.15) is 5.75 Å². The maximum absolute atomic E-state index is 12.1. The molecule has 132 valence electrons. The second-order valence-electron chi connectivity index (χ2n) is 5.86. The van der Waals surface area contributed by atoms with Crippen molar-refractivity contribution in [3.63, 3.8) is 0 Å². The third-order valence-corrected chi connectivity index (χ3v) is 4.37. The molecule has 0 saturated heterocycles. The lowest BCUT2D eigenvalue weighted by atomic mass is 10.2. The highest BCUT2D eigenvalue weighted by Crippen LogP contribution is 2.23. The van der Waals surface area contributed by atoms with Gasteiger partial charge in [-0.2, -0.15) is 5.10 Å². The topological polar surface area (TPSA) is 66.6 Å². The van der Waals surface area contributed by atoms with Gasteiger partial charge in [0.05, 0.1) is 11.2 Å². The number of para-hydroxylation sites is 1. The molecule has 1 aromatic heterocycles. The number of hydrogen-bond acceptors (Lipinski definition) is 3. The van der Waals surface area contributed by atoms with Crippen LogP contribution in [0.4, 0.5) is 0 Å². The largest absolute Gasteiger partial charge is 0.506 e. The Bertz CT molecular complexity index is 978. The van der Waals surface area contributed by atoms with E-state index in [9.17, 15) is 9.90 Å². The van der Waals surface area contributed by atoms with Crippen LogP contribution in [0.3, 0.4) is 0 Å². The van der Waals surface area contributed by atoms with Crippen molar-refractivity contribution in [3.05, 3.63) is 82.1 Å². The summed E-state index contributed by atoms with van der Waals surface area (Å²) in [5.41, 5.74) is 6.88. The molecular formula is C20H18ClN3O2. The zero-order chi connectivity index (χ0) is 18.7. The molecule has 3 aromatic rings. The van der Waals surface area contributed by atoms with Gasteiger partial charge in [0.2, 0.25) is 0 Å². The predicted molar refractivity (Wildman–Crippen MR) is 103 cm³/mol. The Morgan fingerprint density at radius 3 is 2.58 bits per heavy atom. The molecule has 0 saturated carbocycles.